The number of carboxylic acid groups (broad SMARTS) is 1. The van der Waals surface area contributed by atoms with Gasteiger partial charge in [0, 0.05) is 11.9 Å². The number of aromatic carboxylic acids is 1. The summed E-state index contributed by atoms with van der Waals surface area (Å²) in [5, 5.41) is 9.13. The van der Waals surface area contributed by atoms with Gasteiger partial charge >= 0.3 is 5.97 Å². The summed E-state index contributed by atoms with van der Waals surface area (Å²) in [6, 6.07) is 0. The van der Waals surface area contributed by atoms with Crippen molar-refractivity contribution in [2.45, 2.75) is 38.0 Å². The Hall–Kier alpha value is -1.38. The number of hydrogen-bond donors (Lipinski definition) is 1. The second kappa shape index (κ2) is 3.05. The number of nitrogens with zero attached hydrogens (tertiary/aromatic N) is 1. The number of pyridine rings is 1. The van der Waals surface area contributed by atoms with E-state index in [1.807, 2.05) is 0 Å². The van der Waals surface area contributed by atoms with Crippen LogP contribution in [0.25, 0.3) is 0 Å². The zero-order chi connectivity index (χ0) is 10.4. The molecule has 3 rings (SSSR count). The lowest BCUT2D eigenvalue weighted by atomic mass is 9.98. The van der Waals surface area contributed by atoms with Gasteiger partial charge in [0.05, 0.1) is 5.56 Å². The minimum atomic E-state index is -0.820. The number of hydrogen-bond acceptors (Lipinski definition) is 2. The normalized spacial score (nSPS) is 18.9. The van der Waals surface area contributed by atoms with Gasteiger partial charge < -0.3 is 5.11 Å². The van der Waals surface area contributed by atoms with Crippen LogP contribution < -0.4 is 0 Å². The summed E-state index contributed by atoms with van der Waals surface area (Å²) in [5.41, 5.74) is 3.93. The van der Waals surface area contributed by atoms with Crippen molar-refractivity contribution < 1.29 is 9.90 Å². The Balaban J connectivity index is 2.19. The predicted molar refractivity (Wildman–Crippen MR) is 55.2 cm³/mol. The molecule has 3 nitrogen and oxygen atoms in total. The number of rotatable bonds is 2. The highest BCUT2D eigenvalue weighted by atomic mass is 16.4. The Kier molecular flexibility index (Phi) is 1.81. The van der Waals surface area contributed by atoms with Gasteiger partial charge in [-0.25, -0.2) is 4.79 Å². The number of aryl methyl sites for hydroxylation is 1. The van der Waals surface area contributed by atoms with Gasteiger partial charge in [-0.3, -0.25) is 4.98 Å². The molecule has 1 heterocycles. The summed E-state index contributed by atoms with van der Waals surface area (Å²) in [6.07, 6.45) is 7.03. The standard InChI is InChI=1S/C12H13NO2/c14-12(15)9-6-13-10-3-1-2-8(10)11(9)7-4-5-7/h6-7H,1-5H2,(H,14,15). The first-order valence-corrected chi connectivity index (χ1v) is 5.51. The zero-order valence-electron chi connectivity index (χ0n) is 8.49. The Morgan fingerprint density at radius 3 is 2.87 bits per heavy atom. The molecule has 0 aromatic carbocycles. The molecular weight excluding hydrogens is 190 g/mol. The zero-order valence-corrected chi connectivity index (χ0v) is 8.49. The molecular formula is C12H13NO2. The van der Waals surface area contributed by atoms with Gasteiger partial charge in [-0.2, -0.15) is 0 Å². The molecule has 1 aromatic heterocycles. The minimum absolute atomic E-state index is 0.443. The van der Waals surface area contributed by atoms with Gasteiger partial charge in [0.15, 0.2) is 0 Å². The monoisotopic (exact) mass is 203 g/mol. The van der Waals surface area contributed by atoms with Crippen LogP contribution in [0.15, 0.2) is 6.20 Å². The fourth-order valence-electron chi connectivity index (χ4n) is 2.54. The molecule has 15 heavy (non-hydrogen) atoms. The maximum Gasteiger partial charge on any atom is 0.337 e. The summed E-state index contributed by atoms with van der Waals surface area (Å²) >= 11 is 0. The van der Waals surface area contributed by atoms with Crippen LogP contribution in [-0.2, 0) is 12.8 Å². The van der Waals surface area contributed by atoms with E-state index >= 15 is 0 Å². The van der Waals surface area contributed by atoms with Gasteiger partial charge in [0.25, 0.3) is 0 Å². The van der Waals surface area contributed by atoms with E-state index in [0.717, 1.165) is 43.4 Å². The number of carboxylic acids is 1. The highest BCUT2D eigenvalue weighted by Gasteiger charge is 2.33. The molecule has 0 amide bonds. The molecule has 0 bridgehead atoms. The molecule has 0 saturated heterocycles. The molecule has 78 valence electrons. The minimum Gasteiger partial charge on any atom is -0.478 e. The molecule has 0 atom stereocenters. The van der Waals surface area contributed by atoms with E-state index in [9.17, 15) is 4.79 Å². The summed E-state index contributed by atoms with van der Waals surface area (Å²) in [5.74, 6) is -0.315. The topological polar surface area (TPSA) is 50.2 Å². The van der Waals surface area contributed by atoms with Crippen molar-refractivity contribution in [3.63, 3.8) is 0 Å². The van der Waals surface area contributed by atoms with Gasteiger partial charge in [0.1, 0.15) is 0 Å². The fourth-order valence-corrected chi connectivity index (χ4v) is 2.54. The van der Waals surface area contributed by atoms with Crippen molar-refractivity contribution in [1.29, 1.82) is 0 Å². The summed E-state index contributed by atoms with van der Waals surface area (Å²) < 4.78 is 0. The molecule has 0 spiro atoms. The largest absolute Gasteiger partial charge is 0.478 e. The molecule has 0 unspecified atom stereocenters. The summed E-state index contributed by atoms with van der Waals surface area (Å²) in [6.45, 7) is 0. The maximum absolute atomic E-state index is 11.1. The van der Waals surface area contributed by atoms with Gasteiger partial charge in [-0.05, 0) is 49.1 Å². The third kappa shape index (κ3) is 1.34. The SMILES string of the molecule is O=C(O)c1cnc2c(c1C1CC1)CCC2. The van der Waals surface area contributed by atoms with E-state index in [4.69, 9.17) is 5.11 Å². The van der Waals surface area contributed by atoms with E-state index < -0.39 is 5.97 Å². The van der Waals surface area contributed by atoms with Crippen LogP contribution in [0.5, 0.6) is 0 Å². The lowest BCUT2D eigenvalue weighted by Crippen LogP contribution is -2.07. The van der Waals surface area contributed by atoms with Crippen LogP contribution in [0.1, 0.15) is 52.4 Å². The number of aromatic nitrogens is 1. The molecule has 2 aliphatic rings. The van der Waals surface area contributed by atoms with Crippen LogP contribution in [0, 0.1) is 0 Å². The Bertz CT molecular complexity index is 435. The van der Waals surface area contributed by atoms with Crippen LogP contribution in [0.2, 0.25) is 0 Å². The highest BCUT2D eigenvalue weighted by molar-refractivity contribution is 5.90. The smallest absolute Gasteiger partial charge is 0.337 e. The average molecular weight is 203 g/mol. The Morgan fingerprint density at radius 1 is 1.40 bits per heavy atom. The molecule has 1 aromatic rings. The first-order chi connectivity index (χ1) is 7.27. The lowest BCUT2D eigenvalue weighted by Gasteiger charge is -2.10. The van der Waals surface area contributed by atoms with Crippen molar-refractivity contribution in [3.05, 3.63) is 28.6 Å². The second-order valence-electron chi connectivity index (χ2n) is 4.44. The summed E-state index contributed by atoms with van der Waals surface area (Å²) in [4.78, 5) is 15.4. The first kappa shape index (κ1) is 8.89. The number of carbonyl (C=O) groups is 1. The Labute approximate surface area is 88.1 Å². The highest BCUT2D eigenvalue weighted by Crippen LogP contribution is 2.45. The van der Waals surface area contributed by atoms with E-state index in [2.05, 4.69) is 4.98 Å². The van der Waals surface area contributed by atoms with Crippen molar-refractivity contribution in [1.82, 2.24) is 4.98 Å². The third-order valence-corrected chi connectivity index (χ3v) is 3.37. The van der Waals surface area contributed by atoms with E-state index in [1.165, 1.54) is 5.56 Å². The van der Waals surface area contributed by atoms with Crippen LogP contribution >= 0.6 is 0 Å². The molecule has 3 heteroatoms. The van der Waals surface area contributed by atoms with Crippen LogP contribution in [0.4, 0.5) is 0 Å². The van der Waals surface area contributed by atoms with E-state index in [0.29, 0.717) is 11.5 Å². The van der Waals surface area contributed by atoms with Crippen LogP contribution in [-0.4, -0.2) is 16.1 Å². The maximum atomic E-state index is 11.1. The second-order valence-corrected chi connectivity index (χ2v) is 4.44. The van der Waals surface area contributed by atoms with Crippen molar-refractivity contribution in [2.24, 2.45) is 0 Å². The fraction of sp³-hybridized carbons (Fsp3) is 0.500. The summed E-state index contributed by atoms with van der Waals surface area (Å²) in [7, 11) is 0. The Morgan fingerprint density at radius 2 is 2.20 bits per heavy atom. The molecule has 0 radical (unpaired) electrons. The van der Waals surface area contributed by atoms with Crippen molar-refractivity contribution in [3.8, 4) is 0 Å². The molecule has 1 fully saturated rings. The van der Waals surface area contributed by atoms with E-state index in [-0.39, 0.29) is 0 Å². The van der Waals surface area contributed by atoms with Gasteiger partial charge in [-0.1, -0.05) is 0 Å². The first-order valence-electron chi connectivity index (χ1n) is 5.51. The van der Waals surface area contributed by atoms with Crippen molar-refractivity contribution in [2.75, 3.05) is 0 Å². The quantitative estimate of drug-likeness (QED) is 0.801. The van der Waals surface area contributed by atoms with Gasteiger partial charge in [0.2, 0.25) is 0 Å². The molecule has 0 aliphatic heterocycles. The third-order valence-electron chi connectivity index (χ3n) is 3.37. The van der Waals surface area contributed by atoms with Gasteiger partial charge in [-0.15, -0.1) is 0 Å². The molecule has 1 saturated carbocycles. The van der Waals surface area contributed by atoms with Crippen molar-refractivity contribution >= 4 is 5.97 Å². The predicted octanol–water partition coefficient (Wildman–Crippen LogP) is 2.15. The van der Waals surface area contributed by atoms with Crippen LogP contribution in [0.3, 0.4) is 0 Å². The lowest BCUT2D eigenvalue weighted by molar-refractivity contribution is 0.0695. The molecule has 1 N–H and O–H groups in total. The average Bonchev–Trinajstić information content (AvgIpc) is 2.93. The molecule has 2 aliphatic carbocycles. The number of fused-ring (bicyclic) bond motifs is 1. The van der Waals surface area contributed by atoms with E-state index in [1.54, 1.807) is 6.20 Å².